The van der Waals surface area contributed by atoms with E-state index in [9.17, 15) is 0 Å². The Kier molecular flexibility index (Phi) is 8.70. The van der Waals surface area contributed by atoms with Crippen LogP contribution in [0.25, 0.3) is 0 Å². The number of nitrogens with one attached hydrogen (secondary N) is 2. The first kappa shape index (κ1) is 18.8. The lowest BCUT2D eigenvalue weighted by atomic mass is 10.3. The van der Waals surface area contributed by atoms with Crippen LogP contribution in [0.5, 0.6) is 0 Å². The summed E-state index contributed by atoms with van der Waals surface area (Å²) in [5.74, 6) is 1.90. The summed E-state index contributed by atoms with van der Waals surface area (Å²) in [4.78, 5) is 7.17. The number of nitrogens with zero attached hydrogens (tertiary/aromatic N) is 2. The number of hydrogen-bond donors (Lipinski definition) is 2. The van der Waals surface area contributed by atoms with E-state index < -0.39 is 0 Å². The van der Waals surface area contributed by atoms with Crippen LogP contribution in [0.3, 0.4) is 0 Å². The fourth-order valence-electron chi connectivity index (χ4n) is 2.56. The van der Waals surface area contributed by atoms with E-state index in [4.69, 9.17) is 14.1 Å². The second-order valence-corrected chi connectivity index (χ2v) is 6.25. The predicted molar refractivity (Wildman–Crippen MR) is 97.5 cm³/mol. The third-order valence-corrected chi connectivity index (χ3v) is 4.25. The number of guanidine groups is 1. The van der Waals surface area contributed by atoms with Crippen LogP contribution >= 0.6 is 0 Å². The van der Waals surface area contributed by atoms with E-state index in [2.05, 4.69) is 29.4 Å². The minimum absolute atomic E-state index is 0.416. The molecule has 0 spiro atoms. The first-order valence-corrected chi connectivity index (χ1v) is 9.15. The Labute approximate surface area is 145 Å². The molecule has 6 nitrogen and oxygen atoms in total. The quantitative estimate of drug-likeness (QED) is 0.410. The van der Waals surface area contributed by atoms with E-state index in [0.717, 1.165) is 76.9 Å². The average molecular weight is 336 g/mol. The van der Waals surface area contributed by atoms with Gasteiger partial charge in [0.2, 0.25) is 0 Å². The van der Waals surface area contributed by atoms with Gasteiger partial charge in [0.05, 0.1) is 19.5 Å². The van der Waals surface area contributed by atoms with Crippen molar-refractivity contribution >= 4 is 5.96 Å². The van der Waals surface area contributed by atoms with E-state index in [1.165, 1.54) is 0 Å². The highest BCUT2D eigenvalue weighted by molar-refractivity contribution is 5.80. The maximum Gasteiger partial charge on any atom is 0.191 e. The van der Waals surface area contributed by atoms with Crippen molar-refractivity contribution in [1.29, 1.82) is 0 Å². The van der Waals surface area contributed by atoms with Crippen LogP contribution in [0.4, 0.5) is 0 Å². The van der Waals surface area contributed by atoms with E-state index in [0.29, 0.717) is 6.04 Å². The first-order chi connectivity index (χ1) is 11.8. The average Bonchev–Trinajstić information content (AvgIpc) is 3.12. The minimum Gasteiger partial charge on any atom is -0.469 e. The van der Waals surface area contributed by atoms with Gasteiger partial charge in [-0.3, -0.25) is 9.89 Å². The molecule has 1 aromatic rings. The molecule has 2 N–H and O–H groups in total. The highest BCUT2D eigenvalue weighted by Crippen LogP contribution is 2.00. The summed E-state index contributed by atoms with van der Waals surface area (Å²) in [6.07, 6.45) is 4.73. The summed E-state index contributed by atoms with van der Waals surface area (Å²) in [5.41, 5.74) is 0. The smallest absolute Gasteiger partial charge is 0.191 e. The number of ether oxygens (including phenoxy) is 1. The van der Waals surface area contributed by atoms with Crippen molar-refractivity contribution < 1.29 is 9.15 Å². The molecule has 0 aromatic carbocycles. The van der Waals surface area contributed by atoms with Crippen LogP contribution in [0, 0.1) is 0 Å². The molecule has 0 aliphatic carbocycles. The molecular formula is C18H32N4O2. The lowest BCUT2D eigenvalue weighted by molar-refractivity contribution is 0.0377. The van der Waals surface area contributed by atoms with Crippen molar-refractivity contribution in [3.63, 3.8) is 0 Å². The van der Waals surface area contributed by atoms with E-state index in [1.54, 1.807) is 6.26 Å². The fraction of sp³-hybridized carbons (Fsp3) is 0.722. The molecule has 1 saturated heterocycles. The lowest BCUT2D eigenvalue weighted by Crippen LogP contribution is -2.43. The number of rotatable bonds is 9. The molecule has 1 aromatic heterocycles. The molecule has 2 rings (SSSR count). The van der Waals surface area contributed by atoms with Crippen molar-refractivity contribution in [3.8, 4) is 0 Å². The Morgan fingerprint density at radius 2 is 2.21 bits per heavy atom. The normalized spacial score (nSPS) is 17.7. The number of furan rings is 1. The Morgan fingerprint density at radius 3 is 2.92 bits per heavy atom. The second kappa shape index (κ2) is 11.1. The van der Waals surface area contributed by atoms with Crippen molar-refractivity contribution in [2.75, 3.05) is 45.9 Å². The van der Waals surface area contributed by atoms with Gasteiger partial charge in [0.1, 0.15) is 5.76 Å². The molecule has 1 fully saturated rings. The maximum atomic E-state index is 5.38. The highest BCUT2D eigenvalue weighted by atomic mass is 16.5. The Bertz CT molecular complexity index is 456. The van der Waals surface area contributed by atoms with Crippen LogP contribution in [0.2, 0.25) is 0 Å². The standard InChI is InChI=1S/C18H32N4O2/c1-3-16(2)21-18(20-9-7-17-6-4-13-24-17)19-8-5-10-22-11-14-23-15-12-22/h4,6,13,16H,3,5,7-12,14-15H2,1-2H3,(H2,19,20,21). The van der Waals surface area contributed by atoms with Crippen LogP contribution in [0.15, 0.2) is 27.8 Å². The van der Waals surface area contributed by atoms with Crippen LogP contribution in [-0.2, 0) is 11.2 Å². The van der Waals surface area contributed by atoms with Crippen molar-refractivity contribution in [2.24, 2.45) is 4.99 Å². The van der Waals surface area contributed by atoms with Crippen LogP contribution in [0.1, 0.15) is 32.4 Å². The maximum absolute atomic E-state index is 5.38. The van der Waals surface area contributed by atoms with E-state index in [-0.39, 0.29) is 0 Å². The van der Waals surface area contributed by atoms with Crippen molar-refractivity contribution in [2.45, 2.75) is 39.2 Å². The molecule has 136 valence electrons. The van der Waals surface area contributed by atoms with E-state index >= 15 is 0 Å². The van der Waals surface area contributed by atoms with Gasteiger partial charge in [-0.25, -0.2) is 0 Å². The molecular weight excluding hydrogens is 304 g/mol. The zero-order valence-electron chi connectivity index (χ0n) is 15.1. The summed E-state index contributed by atoms with van der Waals surface area (Å²) in [5, 5.41) is 6.87. The number of aliphatic imine (C=N–C) groups is 1. The second-order valence-electron chi connectivity index (χ2n) is 6.25. The molecule has 0 saturated carbocycles. The Morgan fingerprint density at radius 1 is 1.38 bits per heavy atom. The topological polar surface area (TPSA) is 62.0 Å². The van der Waals surface area contributed by atoms with Gasteiger partial charge < -0.3 is 19.8 Å². The van der Waals surface area contributed by atoms with Gasteiger partial charge in [-0.2, -0.15) is 0 Å². The first-order valence-electron chi connectivity index (χ1n) is 9.15. The summed E-state index contributed by atoms with van der Waals surface area (Å²) < 4.78 is 10.7. The largest absolute Gasteiger partial charge is 0.469 e. The molecule has 1 atom stereocenters. The van der Waals surface area contributed by atoms with Crippen molar-refractivity contribution in [1.82, 2.24) is 15.5 Å². The number of hydrogen-bond acceptors (Lipinski definition) is 4. The third-order valence-electron chi connectivity index (χ3n) is 4.25. The molecule has 0 amide bonds. The lowest BCUT2D eigenvalue weighted by Gasteiger charge is -2.26. The Hall–Kier alpha value is -1.53. The van der Waals surface area contributed by atoms with Gasteiger partial charge in [-0.05, 0) is 31.9 Å². The molecule has 1 unspecified atom stereocenters. The zero-order chi connectivity index (χ0) is 17.0. The summed E-state index contributed by atoms with van der Waals surface area (Å²) in [6, 6.07) is 4.34. The van der Waals surface area contributed by atoms with E-state index in [1.807, 2.05) is 12.1 Å². The predicted octanol–water partition coefficient (Wildman–Crippen LogP) is 1.88. The molecule has 1 aliphatic heterocycles. The summed E-state index contributed by atoms with van der Waals surface area (Å²) >= 11 is 0. The number of morpholine rings is 1. The third kappa shape index (κ3) is 7.36. The monoisotopic (exact) mass is 336 g/mol. The molecule has 6 heteroatoms. The van der Waals surface area contributed by atoms with Gasteiger partial charge in [0, 0.05) is 45.2 Å². The van der Waals surface area contributed by atoms with Gasteiger partial charge in [-0.15, -0.1) is 0 Å². The molecule has 24 heavy (non-hydrogen) atoms. The minimum atomic E-state index is 0.416. The van der Waals surface area contributed by atoms with Crippen LogP contribution in [-0.4, -0.2) is 62.8 Å². The SMILES string of the molecule is CCC(C)NC(=NCCCN1CCOCC1)NCCc1ccco1. The molecule has 0 radical (unpaired) electrons. The highest BCUT2D eigenvalue weighted by Gasteiger charge is 2.09. The van der Waals surface area contributed by atoms with Crippen molar-refractivity contribution in [3.05, 3.63) is 24.2 Å². The summed E-state index contributed by atoms with van der Waals surface area (Å²) in [6.45, 7) is 10.9. The fourth-order valence-corrected chi connectivity index (χ4v) is 2.56. The van der Waals surface area contributed by atoms with Gasteiger partial charge in [0.25, 0.3) is 0 Å². The molecule has 0 bridgehead atoms. The zero-order valence-corrected chi connectivity index (χ0v) is 15.1. The van der Waals surface area contributed by atoms with Gasteiger partial charge in [0.15, 0.2) is 5.96 Å². The molecule has 2 heterocycles. The molecule has 1 aliphatic rings. The van der Waals surface area contributed by atoms with Gasteiger partial charge in [-0.1, -0.05) is 6.92 Å². The van der Waals surface area contributed by atoms with Gasteiger partial charge >= 0.3 is 0 Å². The summed E-state index contributed by atoms with van der Waals surface area (Å²) in [7, 11) is 0. The van der Waals surface area contributed by atoms with Crippen LogP contribution < -0.4 is 10.6 Å². The Balaban J connectivity index is 1.71.